The van der Waals surface area contributed by atoms with E-state index in [4.69, 9.17) is 14.2 Å². The summed E-state index contributed by atoms with van der Waals surface area (Å²) in [6.45, 7) is 5.81. The smallest absolute Gasteiger partial charge is 0.264 e. The van der Waals surface area contributed by atoms with Gasteiger partial charge >= 0.3 is 0 Å². The van der Waals surface area contributed by atoms with Gasteiger partial charge in [0.1, 0.15) is 12.3 Å². The number of amides is 1. The first-order valence-corrected chi connectivity index (χ1v) is 13.0. The fraction of sp³-hybridized carbons (Fsp3) is 0.296. The number of ether oxygens (including phenoxy) is 3. The van der Waals surface area contributed by atoms with Gasteiger partial charge in [-0.25, -0.2) is 8.42 Å². The minimum atomic E-state index is -4.15. The van der Waals surface area contributed by atoms with Gasteiger partial charge in [-0.2, -0.15) is 0 Å². The zero-order valence-corrected chi connectivity index (χ0v) is 22.0. The van der Waals surface area contributed by atoms with Crippen molar-refractivity contribution < 1.29 is 27.4 Å². The van der Waals surface area contributed by atoms with Crippen LogP contribution in [0.4, 0.5) is 11.4 Å². The number of carbonyl (C=O) groups excluding carboxylic acids is 1. The van der Waals surface area contributed by atoms with Crippen molar-refractivity contribution in [3.63, 3.8) is 0 Å². The Morgan fingerprint density at radius 2 is 1.64 bits per heavy atom. The third-order valence-electron chi connectivity index (χ3n) is 5.67. The predicted octanol–water partition coefficient (Wildman–Crippen LogP) is 4.81. The van der Waals surface area contributed by atoms with Crippen LogP contribution in [0, 0.1) is 6.92 Å². The summed E-state index contributed by atoms with van der Waals surface area (Å²) in [6.07, 6.45) is 0.726. The number of nitrogens with zero attached hydrogens (tertiary/aromatic N) is 1. The Bertz CT molecular complexity index is 1310. The van der Waals surface area contributed by atoms with E-state index < -0.39 is 22.5 Å². The molecule has 192 valence electrons. The second-order valence-corrected chi connectivity index (χ2v) is 9.83. The molecule has 1 N–H and O–H groups in total. The lowest BCUT2D eigenvalue weighted by molar-refractivity contribution is -0.114. The Labute approximate surface area is 212 Å². The first-order chi connectivity index (χ1) is 17.2. The fourth-order valence-corrected chi connectivity index (χ4v) is 5.24. The molecule has 3 rings (SSSR count). The number of anilines is 2. The summed E-state index contributed by atoms with van der Waals surface area (Å²) >= 11 is 0. The van der Waals surface area contributed by atoms with E-state index >= 15 is 0 Å². The molecule has 36 heavy (non-hydrogen) atoms. The molecule has 0 radical (unpaired) electrons. The number of rotatable bonds is 11. The summed E-state index contributed by atoms with van der Waals surface area (Å²) in [4.78, 5) is 13.2. The minimum Gasteiger partial charge on any atom is -0.494 e. The largest absolute Gasteiger partial charge is 0.494 e. The summed E-state index contributed by atoms with van der Waals surface area (Å²) in [7, 11) is -1.25. The van der Waals surface area contributed by atoms with Gasteiger partial charge in [-0.1, -0.05) is 25.1 Å². The highest BCUT2D eigenvalue weighted by molar-refractivity contribution is 7.92. The van der Waals surface area contributed by atoms with Gasteiger partial charge in [0.15, 0.2) is 11.5 Å². The molecule has 0 spiro atoms. The maximum absolute atomic E-state index is 13.8. The van der Waals surface area contributed by atoms with Crippen LogP contribution in [0.15, 0.2) is 65.6 Å². The van der Waals surface area contributed by atoms with E-state index in [9.17, 15) is 13.2 Å². The number of carbonyl (C=O) groups is 1. The van der Waals surface area contributed by atoms with Crippen molar-refractivity contribution in [1.29, 1.82) is 0 Å². The van der Waals surface area contributed by atoms with Crippen molar-refractivity contribution >= 4 is 27.3 Å². The average molecular weight is 513 g/mol. The number of aryl methyl sites for hydroxylation is 2. The molecule has 0 atom stereocenters. The normalized spacial score (nSPS) is 11.0. The Hall–Kier alpha value is -3.72. The molecule has 0 heterocycles. The third kappa shape index (κ3) is 5.91. The Balaban J connectivity index is 2.02. The van der Waals surface area contributed by atoms with Crippen molar-refractivity contribution in [1.82, 2.24) is 0 Å². The highest BCUT2D eigenvalue weighted by atomic mass is 32.2. The van der Waals surface area contributed by atoms with Gasteiger partial charge in [-0.05, 0) is 67.8 Å². The molecule has 0 aromatic heterocycles. The lowest BCUT2D eigenvalue weighted by Crippen LogP contribution is -2.38. The van der Waals surface area contributed by atoms with Crippen LogP contribution in [0.2, 0.25) is 0 Å². The maximum atomic E-state index is 13.8. The molecule has 0 aliphatic carbocycles. The van der Waals surface area contributed by atoms with Crippen molar-refractivity contribution in [2.45, 2.75) is 32.1 Å². The maximum Gasteiger partial charge on any atom is 0.264 e. The molecule has 0 saturated heterocycles. The SMILES string of the molecule is CCOc1ccc(N(CC(=O)Nc2c(C)cccc2CC)S(=O)(=O)c2ccc(OC)c(OC)c2)cc1. The Morgan fingerprint density at radius 1 is 0.944 bits per heavy atom. The van der Waals surface area contributed by atoms with Crippen molar-refractivity contribution in [2.24, 2.45) is 0 Å². The Kier molecular flexibility index (Phi) is 8.82. The number of hydrogen-bond acceptors (Lipinski definition) is 6. The van der Waals surface area contributed by atoms with Gasteiger partial charge in [0, 0.05) is 11.8 Å². The molecule has 3 aromatic rings. The molecule has 0 saturated carbocycles. The fourth-order valence-electron chi connectivity index (χ4n) is 3.81. The summed E-state index contributed by atoms with van der Waals surface area (Å²) in [5.74, 6) is 0.800. The van der Waals surface area contributed by atoms with Crippen molar-refractivity contribution in [3.05, 3.63) is 71.8 Å². The zero-order chi connectivity index (χ0) is 26.3. The lowest BCUT2D eigenvalue weighted by Gasteiger charge is -2.25. The molecule has 8 nitrogen and oxygen atoms in total. The second kappa shape index (κ2) is 11.8. The van der Waals surface area contributed by atoms with Crippen LogP contribution >= 0.6 is 0 Å². The number of benzene rings is 3. The molecule has 0 aliphatic heterocycles. The highest BCUT2D eigenvalue weighted by Gasteiger charge is 2.29. The second-order valence-electron chi connectivity index (χ2n) is 7.97. The van der Waals surface area contributed by atoms with E-state index in [0.717, 1.165) is 21.9 Å². The van der Waals surface area contributed by atoms with Gasteiger partial charge in [0.25, 0.3) is 10.0 Å². The minimum absolute atomic E-state index is 0.0352. The monoisotopic (exact) mass is 512 g/mol. The molecular weight excluding hydrogens is 480 g/mol. The van der Waals surface area contributed by atoms with E-state index in [1.165, 1.54) is 32.4 Å². The summed E-state index contributed by atoms with van der Waals surface area (Å²) in [6, 6.07) is 16.7. The van der Waals surface area contributed by atoms with Gasteiger partial charge in [0.05, 0.1) is 31.4 Å². The van der Waals surface area contributed by atoms with Crippen LogP contribution in [0.5, 0.6) is 17.2 Å². The molecule has 0 unspecified atom stereocenters. The number of para-hydroxylation sites is 1. The van der Waals surface area contributed by atoms with E-state index in [-0.39, 0.29) is 10.6 Å². The van der Waals surface area contributed by atoms with Crippen molar-refractivity contribution in [2.75, 3.05) is 37.0 Å². The summed E-state index contributed by atoms with van der Waals surface area (Å²) in [5, 5.41) is 2.91. The first kappa shape index (κ1) is 26.9. The molecule has 3 aromatic carbocycles. The lowest BCUT2D eigenvalue weighted by atomic mass is 10.1. The Morgan fingerprint density at radius 3 is 2.25 bits per heavy atom. The summed E-state index contributed by atoms with van der Waals surface area (Å²) < 4.78 is 44.7. The highest BCUT2D eigenvalue weighted by Crippen LogP contribution is 2.33. The molecule has 0 aliphatic rings. The number of sulfonamides is 1. The van der Waals surface area contributed by atoms with E-state index in [1.54, 1.807) is 24.3 Å². The number of nitrogens with one attached hydrogen (secondary N) is 1. The van der Waals surface area contributed by atoms with Crippen molar-refractivity contribution in [3.8, 4) is 17.2 Å². The topological polar surface area (TPSA) is 94.2 Å². The van der Waals surface area contributed by atoms with Crippen LogP contribution in [-0.4, -0.2) is 41.7 Å². The molecule has 1 amide bonds. The van der Waals surface area contributed by atoms with Gasteiger partial charge in [-0.3, -0.25) is 9.10 Å². The quantitative estimate of drug-likeness (QED) is 0.396. The number of methoxy groups -OCH3 is 2. The van der Waals surface area contributed by atoms with Gasteiger partial charge < -0.3 is 19.5 Å². The van der Waals surface area contributed by atoms with Crippen LogP contribution < -0.4 is 23.8 Å². The predicted molar refractivity (Wildman–Crippen MR) is 141 cm³/mol. The molecule has 0 bridgehead atoms. The van der Waals surface area contributed by atoms with Gasteiger partial charge in [0.2, 0.25) is 5.91 Å². The van der Waals surface area contributed by atoms with Crippen LogP contribution in [0.1, 0.15) is 25.0 Å². The standard InChI is InChI=1S/C27H32N2O6S/c1-6-20-10-8-9-19(3)27(20)28-26(30)18-29(21-11-13-22(14-12-21)35-7-2)36(31,32)23-15-16-24(33-4)25(17-23)34-5/h8-17H,6-7,18H2,1-5H3,(H,28,30). The zero-order valence-electron chi connectivity index (χ0n) is 21.2. The van der Waals surface area contributed by atoms with Gasteiger partial charge in [-0.15, -0.1) is 0 Å². The summed E-state index contributed by atoms with van der Waals surface area (Å²) in [5.41, 5.74) is 2.89. The van der Waals surface area contributed by atoms with Crippen LogP contribution in [0.25, 0.3) is 0 Å². The third-order valence-corrected chi connectivity index (χ3v) is 7.44. The average Bonchev–Trinajstić information content (AvgIpc) is 2.88. The van der Waals surface area contributed by atoms with E-state index in [0.29, 0.717) is 29.5 Å². The van der Waals surface area contributed by atoms with Crippen LogP contribution in [-0.2, 0) is 21.2 Å². The molecule has 9 heteroatoms. The first-order valence-electron chi connectivity index (χ1n) is 11.6. The number of hydrogen-bond donors (Lipinski definition) is 1. The van der Waals surface area contributed by atoms with E-state index in [2.05, 4.69) is 5.32 Å². The molecule has 0 fully saturated rings. The van der Waals surface area contributed by atoms with Crippen LogP contribution in [0.3, 0.4) is 0 Å². The molecular formula is C27H32N2O6S. The van der Waals surface area contributed by atoms with E-state index in [1.807, 2.05) is 39.0 Å².